The summed E-state index contributed by atoms with van der Waals surface area (Å²) in [7, 11) is 0. The minimum absolute atomic E-state index is 0.157. The summed E-state index contributed by atoms with van der Waals surface area (Å²) >= 11 is 0. The van der Waals surface area contributed by atoms with Gasteiger partial charge in [0.1, 0.15) is 5.82 Å². The summed E-state index contributed by atoms with van der Waals surface area (Å²) in [6.07, 6.45) is 3.57. The van der Waals surface area contributed by atoms with Gasteiger partial charge in [-0.15, -0.1) is 0 Å². The van der Waals surface area contributed by atoms with Crippen LogP contribution in [-0.2, 0) is 13.1 Å². The number of likely N-dealkylation sites (N-methyl/N-ethyl adjacent to an activating group) is 1. The summed E-state index contributed by atoms with van der Waals surface area (Å²) in [6.45, 7) is 5.78. The molecule has 0 saturated heterocycles. The molecule has 1 aromatic heterocycles. The molecule has 5 nitrogen and oxygen atoms in total. The Morgan fingerprint density at radius 3 is 2.91 bits per heavy atom. The number of urea groups is 1. The van der Waals surface area contributed by atoms with E-state index in [2.05, 4.69) is 10.4 Å². The zero-order valence-electron chi connectivity index (χ0n) is 12.9. The molecule has 1 N–H and O–H groups in total. The van der Waals surface area contributed by atoms with E-state index in [1.165, 1.54) is 6.07 Å². The predicted molar refractivity (Wildman–Crippen MR) is 82.8 cm³/mol. The Morgan fingerprint density at radius 1 is 1.45 bits per heavy atom. The number of hydrogen-bond donors (Lipinski definition) is 1. The maximum atomic E-state index is 13.5. The molecule has 22 heavy (non-hydrogen) atoms. The van der Waals surface area contributed by atoms with Gasteiger partial charge in [0.25, 0.3) is 0 Å². The molecule has 2 aromatic rings. The average Bonchev–Trinajstić information content (AvgIpc) is 3.02. The summed E-state index contributed by atoms with van der Waals surface area (Å²) in [5.74, 6) is -0.252. The quantitative estimate of drug-likeness (QED) is 0.891. The highest BCUT2D eigenvalue weighted by molar-refractivity contribution is 5.74. The smallest absolute Gasteiger partial charge is 0.317 e. The lowest BCUT2D eigenvalue weighted by molar-refractivity contribution is 0.197. The minimum atomic E-state index is -0.252. The summed E-state index contributed by atoms with van der Waals surface area (Å²) in [4.78, 5) is 13.9. The molecule has 2 amide bonds. The largest absolute Gasteiger partial charge is 0.334 e. The van der Waals surface area contributed by atoms with Crippen LogP contribution in [0, 0.1) is 12.7 Å². The monoisotopic (exact) mass is 304 g/mol. The van der Waals surface area contributed by atoms with Crippen molar-refractivity contribution in [2.75, 3.05) is 13.1 Å². The fourth-order valence-electron chi connectivity index (χ4n) is 2.09. The zero-order valence-corrected chi connectivity index (χ0v) is 12.9. The van der Waals surface area contributed by atoms with Crippen LogP contribution in [0.1, 0.15) is 18.1 Å². The van der Waals surface area contributed by atoms with Crippen molar-refractivity contribution in [2.45, 2.75) is 26.9 Å². The number of nitrogens with one attached hydrogen (secondary N) is 1. The van der Waals surface area contributed by atoms with E-state index in [-0.39, 0.29) is 11.8 Å². The highest BCUT2D eigenvalue weighted by Gasteiger charge is 2.11. The van der Waals surface area contributed by atoms with Crippen LogP contribution in [0.4, 0.5) is 9.18 Å². The first-order chi connectivity index (χ1) is 10.6. The van der Waals surface area contributed by atoms with Gasteiger partial charge in [-0.25, -0.2) is 9.18 Å². The van der Waals surface area contributed by atoms with Gasteiger partial charge in [-0.3, -0.25) is 4.68 Å². The molecule has 1 aromatic carbocycles. The Balaban J connectivity index is 1.84. The molecule has 118 valence electrons. The van der Waals surface area contributed by atoms with E-state index in [1.807, 2.05) is 25.3 Å². The van der Waals surface area contributed by atoms with Crippen LogP contribution >= 0.6 is 0 Å². The van der Waals surface area contributed by atoms with Crippen LogP contribution in [0.2, 0.25) is 0 Å². The number of nitrogens with zero attached hydrogens (tertiary/aromatic N) is 3. The molecule has 1 heterocycles. The Labute approximate surface area is 129 Å². The number of aromatic nitrogens is 2. The third kappa shape index (κ3) is 4.31. The van der Waals surface area contributed by atoms with E-state index in [0.29, 0.717) is 31.7 Å². The first-order valence-corrected chi connectivity index (χ1v) is 7.35. The lowest BCUT2D eigenvalue weighted by atomic mass is 10.1. The Hall–Kier alpha value is -2.37. The second kappa shape index (κ2) is 7.59. The van der Waals surface area contributed by atoms with Crippen LogP contribution in [-0.4, -0.2) is 33.8 Å². The van der Waals surface area contributed by atoms with Gasteiger partial charge in [-0.2, -0.15) is 5.10 Å². The van der Waals surface area contributed by atoms with Crippen molar-refractivity contribution in [1.82, 2.24) is 20.0 Å². The van der Waals surface area contributed by atoms with E-state index in [9.17, 15) is 9.18 Å². The first kappa shape index (κ1) is 16.0. The molecule has 0 spiro atoms. The molecule has 0 aliphatic rings. The maximum absolute atomic E-state index is 13.5. The second-order valence-corrected chi connectivity index (χ2v) is 5.09. The summed E-state index contributed by atoms with van der Waals surface area (Å²) in [5.41, 5.74) is 1.35. The van der Waals surface area contributed by atoms with Crippen molar-refractivity contribution in [3.05, 3.63) is 53.6 Å². The van der Waals surface area contributed by atoms with Gasteiger partial charge in [0.15, 0.2) is 0 Å². The van der Waals surface area contributed by atoms with E-state index in [4.69, 9.17) is 0 Å². The number of hydrogen-bond acceptors (Lipinski definition) is 2. The van der Waals surface area contributed by atoms with Crippen LogP contribution < -0.4 is 5.32 Å². The molecular weight excluding hydrogens is 283 g/mol. The number of aryl methyl sites for hydroxylation is 1. The molecule has 2 rings (SSSR count). The molecule has 0 fully saturated rings. The van der Waals surface area contributed by atoms with Gasteiger partial charge in [-0.1, -0.05) is 12.1 Å². The second-order valence-electron chi connectivity index (χ2n) is 5.09. The highest BCUT2D eigenvalue weighted by atomic mass is 19.1. The summed E-state index contributed by atoms with van der Waals surface area (Å²) < 4.78 is 15.3. The number of carbonyl (C=O) groups excluding carboxylic acids is 1. The minimum Gasteiger partial charge on any atom is -0.334 e. The lowest BCUT2D eigenvalue weighted by Gasteiger charge is -2.21. The Morgan fingerprint density at radius 2 is 2.27 bits per heavy atom. The van der Waals surface area contributed by atoms with E-state index in [0.717, 1.165) is 5.56 Å². The van der Waals surface area contributed by atoms with E-state index < -0.39 is 0 Å². The normalized spacial score (nSPS) is 10.5. The van der Waals surface area contributed by atoms with Crippen molar-refractivity contribution in [1.29, 1.82) is 0 Å². The molecule has 0 atom stereocenters. The number of amides is 2. The van der Waals surface area contributed by atoms with Gasteiger partial charge in [0.05, 0.1) is 6.54 Å². The fourth-order valence-corrected chi connectivity index (χ4v) is 2.09. The molecule has 6 heteroatoms. The Kier molecular flexibility index (Phi) is 5.52. The molecule has 0 saturated carbocycles. The molecule has 0 unspecified atom stereocenters. The van der Waals surface area contributed by atoms with Gasteiger partial charge in [0.2, 0.25) is 0 Å². The topological polar surface area (TPSA) is 50.2 Å². The Bertz CT molecular complexity index is 613. The van der Waals surface area contributed by atoms with Gasteiger partial charge < -0.3 is 10.2 Å². The summed E-state index contributed by atoms with van der Waals surface area (Å²) in [6, 6.07) is 6.68. The molecule has 0 radical (unpaired) electrons. The van der Waals surface area contributed by atoms with Crippen molar-refractivity contribution in [3.63, 3.8) is 0 Å². The van der Waals surface area contributed by atoms with Crippen molar-refractivity contribution < 1.29 is 9.18 Å². The SMILES string of the molecule is CCN(CCn1cccn1)C(=O)NCc1ccc(C)c(F)c1. The van der Waals surface area contributed by atoms with Crippen LogP contribution in [0.15, 0.2) is 36.7 Å². The third-order valence-electron chi connectivity index (χ3n) is 3.51. The number of carbonyl (C=O) groups is 1. The maximum Gasteiger partial charge on any atom is 0.317 e. The van der Waals surface area contributed by atoms with E-state index in [1.54, 1.807) is 28.8 Å². The van der Waals surface area contributed by atoms with Gasteiger partial charge in [-0.05, 0) is 37.1 Å². The van der Waals surface area contributed by atoms with Gasteiger partial charge in [0, 0.05) is 32.0 Å². The molecule has 0 aliphatic carbocycles. The zero-order chi connectivity index (χ0) is 15.9. The van der Waals surface area contributed by atoms with Crippen LogP contribution in [0.5, 0.6) is 0 Å². The number of rotatable bonds is 6. The van der Waals surface area contributed by atoms with Crippen LogP contribution in [0.25, 0.3) is 0 Å². The van der Waals surface area contributed by atoms with Crippen molar-refractivity contribution in [3.8, 4) is 0 Å². The van der Waals surface area contributed by atoms with Gasteiger partial charge >= 0.3 is 6.03 Å². The first-order valence-electron chi connectivity index (χ1n) is 7.35. The fraction of sp³-hybridized carbons (Fsp3) is 0.375. The van der Waals surface area contributed by atoms with Crippen LogP contribution in [0.3, 0.4) is 0 Å². The third-order valence-corrected chi connectivity index (χ3v) is 3.51. The van der Waals surface area contributed by atoms with Crippen molar-refractivity contribution >= 4 is 6.03 Å². The number of benzene rings is 1. The molecule has 0 bridgehead atoms. The molecular formula is C16H21FN4O. The van der Waals surface area contributed by atoms with E-state index >= 15 is 0 Å². The highest BCUT2D eigenvalue weighted by Crippen LogP contribution is 2.09. The predicted octanol–water partition coefficient (Wildman–Crippen LogP) is 2.56. The van der Waals surface area contributed by atoms with Crippen molar-refractivity contribution in [2.24, 2.45) is 0 Å². The lowest BCUT2D eigenvalue weighted by Crippen LogP contribution is -2.41. The number of halogens is 1. The average molecular weight is 304 g/mol. The molecule has 0 aliphatic heterocycles. The summed E-state index contributed by atoms with van der Waals surface area (Å²) in [5, 5.41) is 6.93. The standard InChI is InChI=1S/C16H21FN4O/c1-3-20(9-10-21-8-4-7-19-21)16(22)18-12-14-6-5-13(2)15(17)11-14/h4-8,11H,3,9-10,12H2,1-2H3,(H,18,22).